The highest BCUT2D eigenvalue weighted by atomic mass is 79.9. The lowest BCUT2D eigenvalue weighted by molar-refractivity contribution is 0.304. The van der Waals surface area contributed by atoms with Gasteiger partial charge in [0.1, 0.15) is 22.5 Å². The molecular weight excluding hydrogens is 850 g/mol. The Hall–Kier alpha value is -2.92. The fourth-order valence-electron chi connectivity index (χ4n) is 6.72. The molecule has 0 bridgehead atoms. The molecule has 4 aromatic rings. The molecule has 2 aliphatic rings. The van der Waals surface area contributed by atoms with Crippen molar-refractivity contribution in [2.75, 3.05) is 13.2 Å². The van der Waals surface area contributed by atoms with Crippen molar-refractivity contribution in [2.24, 2.45) is 0 Å². The van der Waals surface area contributed by atoms with E-state index in [4.69, 9.17) is 19.4 Å². The van der Waals surface area contributed by atoms with Crippen LogP contribution in [0.3, 0.4) is 0 Å². The van der Waals surface area contributed by atoms with E-state index in [1.54, 1.807) is 0 Å². The molecule has 0 saturated carbocycles. The van der Waals surface area contributed by atoms with Gasteiger partial charge < -0.3 is 9.47 Å². The summed E-state index contributed by atoms with van der Waals surface area (Å²) in [5.41, 5.74) is 3.44. The number of benzene rings is 3. The molecular formula is C44H50Br2F2N2O2S2. The van der Waals surface area contributed by atoms with Crippen molar-refractivity contribution < 1.29 is 18.3 Å². The maximum Gasteiger partial charge on any atom is 0.174 e. The topological polar surface area (TPSA) is 44.2 Å². The molecule has 0 saturated heterocycles. The van der Waals surface area contributed by atoms with Crippen LogP contribution in [0.2, 0.25) is 0 Å². The number of unbranched alkanes of at least 4 members (excludes halogenated alkanes) is 10. The van der Waals surface area contributed by atoms with Crippen LogP contribution in [0.4, 0.5) is 8.78 Å². The lowest BCUT2D eigenvalue weighted by Crippen LogP contribution is -2.05. The van der Waals surface area contributed by atoms with E-state index < -0.39 is 33.4 Å². The number of rotatable bonds is 20. The number of aromatic nitrogens is 2. The summed E-state index contributed by atoms with van der Waals surface area (Å²) in [4.78, 5) is 11.1. The normalized spacial score (nSPS) is 17.7. The van der Waals surface area contributed by atoms with E-state index in [2.05, 4.69) is 45.7 Å². The number of halogens is 4. The highest BCUT2D eigenvalue weighted by molar-refractivity contribution is 9.14. The minimum Gasteiger partial charge on any atom is -0.494 e. The summed E-state index contributed by atoms with van der Waals surface area (Å²) in [7, 11) is -2.73. The monoisotopic (exact) mass is 898 g/mol. The zero-order valence-corrected chi connectivity index (χ0v) is 36.1. The first-order chi connectivity index (χ1) is 26.4. The molecule has 0 fully saturated rings. The van der Waals surface area contributed by atoms with E-state index in [9.17, 15) is 0 Å². The minimum absolute atomic E-state index is 0.225. The molecule has 2 unspecified atom stereocenters. The van der Waals surface area contributed by atoms with Crippen LogP contribution in [0.15, 0.2) is 101 Å². The molecule has 10 heteroatoms. The summed E-state index contributed by atoms with van der Waals surface area (Å²) in [6.07, 6.45) is 21.7. The molecule has 0 spiro atoms. The van der Waals surface area contributed by atoms with Gasteiger partial charge in [0.15, 0.2) is 11.6 Å². The lowest BCUT2D eigenvalue weighted by atomic mass is 10.0. The molecule has 0 radical (unpaired) electrons. The van der Waals surface area contributed by atoms with Gasteiger partial charge in [0.05, 0.1) is 34.4 Å². The summed E-state index contributed by atoms with van der Waals surface area (Å²) in [5, 5.41) is 3.84. The maximum absolute atomic E-state index is 16.6. The molecule has 0 N–H and O–H groups in total. The number of nitrogens with zero attached hydrogens (tertiary/aromatic N) is 2. The van der Waals surface area contributed by atoms with Crippen LogP contribution in [-0.2, 0) is 0 Å². The zero-order chi connectivity index (χ0) is 37.9. The van der Waals surface area contributed by atoms with Crippen molar-refractivity contribution in [3.05, 3.63) is 103 Å². The van der Waals surface area contributed by atoms with Gasteiger partial charge in [-0.05, 0) is 91.9 Å². The van der Waals surface area contributed by atoms with Gasteiger partial charge in [-0.3, -0.25) is 0 Å². The van der Waals surface area contributed by atoms with E-state index in [0.717, 1.165) is 55.9 Å². The number of hydrogen-bond acceptors (Lipinski definition) is 4. The molecule has 3 heterocycles. The van der Waals surface area contributed by atoms with Crippen LogP contribution < -0.4 is 9.47 Å². The van der Waals surface area contributed by atoms with Crippen molar-refractivity contribution in [1.82, 2.24) is 9.97 Å². The third-order valence-electron chi connectivity index (χ3n) is 9.58. The Bertz CT molecular complexity index is 1910. The molecule has 0 amide bonds. The minimum atomic E-state index is -1.36. The number of fused-ring (bicyclic) bond motifs is 1. The number of thiol groups is 2. The van der Waals surface area contributed by atoms with Gasteiger partial charge in [0, 0.05) is 18.8 Å². The van der Waals surface area contributed by atoms with Gasteiger partial charge in [0.2, 0.25) is 0 Å². The van der Waals surface area contributed by atoms with E-state index in [-0.39, 0.29) is 9.79 Å². The first kappa shape index (κ1) is 40.7. The fourth-order valence-corrected chi connectivity index (χ4v) is 12.2. The predicted octanol–water partition coefficient (Wildman–Crippen LogP) is 15.0. The lowest BCUT2D eigenvalue weighted by Gasteiger charge is -2.24. The second-order valence-electron chi connectivity index (χ2n) is 13.6. The molecule has 6 rings (SSSR count). The Balaban J connectivity index is 1.45. The highest BCUT2D eigenvalue weighted by Crippen LogP contribution is 2.59. The van der Waals surface area contributed by atoms with Crippen LogP contribution >= 0.6 is 53.6 Å². The SMILES string of the molecule is CCCCCCCCOc1cccc(-c2nc3c([SH]4C=CC=C4Br)c(F)c(F)c([SH]4C=CC=C4Br)c3nc2-c2cccc(OCCCCCCCC)c2)c1. The quantitative estimate of drug-likeness (QED) is 0.0685. The van der Waals surface area contributed by atoms with Gasteiger partial charge in [-0.25, -0.2) is 18.7 Å². The fraction of sp³-hybridized carbons (Fsp3) is 0.364. The molecule has 1 aromatic heterocycles. The van der Waals surface area contributed by atoms with Crippen LogP contribution in [0.5, 0.6) is 11.5 Å². The van der Waals surface area contributed by atoms with Crippen molar-refractivity contribution in [3.8, 4) is 34.0 Å². The summed E-state index contributed by atoms with van der Waals surface area (Å²) in [6, 6.07) is 15.7. The Labute approximate surface area is 341 Å². The van der Waals surface area contributed by atoms with Crippen molar-refractivity contribution >= 4 is 64.7 Å². The molecule has 2 atom stereocenters. The van der Waals surface area contributed by atoms with E-state index >= 15 is 8.78 Å². The molecule has 0 aliphatic carbocycles. The first-order valence-electron chi connectivity index (χ1n) is 19.3. The van der Waals surface area contributed by atoms with Gasteiger partial charge in [-0.1, -0.05) is 114 Å². The predicted molar refractivity (Wildman–Crippen MR) is 235 cm³/mol. The second kappa shape index (κ2) is 20.3. The van der Waals surface area contributed by atoms with Crippen LogP contribution in [-0.4, -0.2) is 23.2 Å². The van der Waals surface area contributed by atoms with Crippen LogP contribution in [0.25, 0.3) is 33.5 Å². The van der Waals surface area contributed by atoms with Crippen molar-refractivity contribution in [1.29, 1.82) is 0 Å². The van der Waals surface area contributed by atoms with E-state index in [1.807, 2.05) is 83.7 Å². The summed E-state index contributed by atoms with van der Waals surface area (Å²) >= 11 is 7.27. The van der Waals surface area contributed by atoms with Gasteiger partial charge in [0.25, 0.3) is 0 Å². The maximum atomic E-state index is 16.6. The Kier molecular flexibility index (Phi) is 15.3. The summed E-state index contributed by atoms with van der Waals surface area (Å²) < 4.78 is 47.3. The average molecular weight is 901 g/mol. The second-order valence-corrected chi connectivity index (χ2v) is 20.5. The molecule has 4 nitrogen and oxygen atoms in total. The molecule has 288 valence electrons. The standard InChI is InChI=1S/C44H50Br2F2N2O2S2/c1-3-5-7-9-11-13-25-51-33-21-15-19-31(29-33)39-40(32-20-16-22-34(30-32)52-26-14-12-10-8-6-4-2)50-42-41(49-39)43(53-27-17-23-35(53)45)37(47)38(48)44(42)54-28-18-24-36(54)46/h15-24,27-30,53-54H,3-14,25-26H2,1-2H3. The Morgan fingerprint density at radius 1 is 0.574 bits per heavy atom. The Morgan fingerprint density at radius 2 is 0.981 bits per heavy atom. The zero-order valence-electron chi connectivity index (χ0n) is 31.1. The summed E-state index contributed by atoms with van der Waals surface area (Å²) in [5.74, 6) is -0.285. The van der Waals surface area contributed by atoms with Crippen LogP contribution in [0.1, 0.15) is 90.9 Å². The van der Waals surface area contributed by atoms with Gasteiger partial charge >= 0.3 is 0 Å². The summed E-state index contributed by atoms with van der Waals surface area (Å²) in [6.45, 7) is 5.70. The third-order valence-corrected chi connectivity index (χ3v) is 16.3. The first-order valence-corrected chi connectivity index (χ1v) is 23.7. The number of ether oxygens (including phenoxy) is 2. The highest BCUT2D eigenvalue weighted by Gasteiger charge is 2.31. The van der Waals surface area contributed by atoms with Crippen molar-refractivity contribution in [3.63, 3.8) is 0 Å². The Morgan fingerprint density at radius 3 is 1.37 bits per heavy atom. The average Bonchev–Trinajstić information content (AvgIpc) is 3.81. The van der Waals surface area contributed by atoms with Crippen molar-refractivity contribution in [2.45, 2.75) is 101 Å². The van der Waals surface area contributed by atoms with E-state index in [1.165, 1.54) is 51.4 Å². The molecule has 3 aromatic carbocycles. The molecule has 54 heavy (non-hydrogen) atoms. The molecule has 2 aliphatic heterocycles. The third kappa shape index (κ3) is 9.90. The van der Waals surface area contributed by atoms with E-state index in [0.29, 0.717) is 35.6 Å². The van der Waals surface area contributed by atoms with Gasteiger partial charge in [-0.15, -0.1) is 0 Å². The van der Waals surface area contributed by atoms with Gasteiger partial charge in [-0.2, -0.15) is 21.8 Å². The largest absolute Gasteiger partial charge is 0.494 e. The smallest absolute Gasteiger partial charge is 0.174 e. The number of allylic oxidation sites excluding steroid dienone is 4. The van der Waals surface area contributed by atoms with Crippen LogP contribution in [0, 0.1) is 11.6 Å². The number of hydrogen-bond donors (Lipinski definition) is 2.